The first-order valence-electron chi connectivity index (χ1n) is 9.05. The van der Waals surface area contributed by atoms with Crippen molar-refractivity contribution in [2.24, 2.45) is 5.92 Å². The Labute approximate surface area is 147 Å². The lowest BCUT2D eigenvalue weighted by Crippen LogP contribution is -2.37. The molecule has 0 bridgehead atoms. The lowest BCUT2D eigenvalue weighted by atomic mass is 9.45. The number of piperidine rings is 1. The number of rotatable bonds is 5. The van der Waals surface area contributed by atoms with E-state index in [1.165, 1.54) is 12.1 Å². The Bertz CT molecular complexity index is 591. The molecule has 0 aliphatic carbocycles. The van der Waals surface area contributed by atoms with Gasteiger partial charge in [0.05, 0.1) is 6.61 Å². The first-order chi connectivity index (χ1) is 12.1. The van der Waals surface area contributed by atoms with Crippen LogP contribution in [0, 0.1) is 17.6 Å². The van der Waals surface area contributed by atoms with Crippen LogP contribution in [-0.2, 0) is 14.3 Å². The maximum Gasteiger partial charge on any atom is 0.306 e. The Kier molecular flexibility index (Phi) is 5.94. The summed E-state index contributed by atoms with van der Waals surface area (Å²) < 4.78 is 39.4. The molecular weight excluding hydrogens is 327 g/mol. The highest BCUT2D eigenvalue weighted by atomic mass is 19.1. The second-order valence-electron chi connectivity index (χ2n) is 6.83. The molecule has 0 atom stereocenters. The highest BCUT2D eigenvalue weighted by Gasteiger charge is 2.28. The zero-order chi connectivity index (χ0) is 17.8. The zero-order valence-corrected chi connectivity index (χ0v) is 14.6. The summed E-state index contributed by atoms with van der Waals surface area (Å²) in [6.45, 7) is 4.50. The highest BCUT2D eigenvalue weighted by Crippen LogP contribution is 2.29. The number of ether oxygens (including phenoxy) is 2. The number of hydrogen-bond donors (Lipinski definition) is 0. The number of esters is 1. The molecule has 7 heteroatoms. The Balaban J connectivity index is 1.64. The van der Waals surface area contributed by atoms with Crippen LogP contribution in [0.1, 0.15) is 26.2 Å². The van der Waals surface area contributed by atoms with Crippen LogP contribution >= 0.6 is 0 Å². The van der Waals surface area contributed by atoms with Gasteiger partial charge in [0.15, 0.2) is 0 Å². The lowest BCUT2D eigenvalue weighted by Gasteiger charge is -2.33. The summed E-state index contributed by atoms with van der Waals surface area (Å²) in [6, 6.07) is 2.89. The third kappa shape index (κ3) is 4.32. The van der Waals surface area contributed by atoms with Gasteiger partial charge in [-0.1, -0.05) is 5.46 Å². The van der Waals surface area contributed by atoms with Crippen LogP contribution in [0.3, 0.4) is 0 Å². The maximum atomic E-state index is 14.6. The second kappa shape index (κ2) is 8.17. The highest BCUT2D eigenvalue weighted by molar-refractivity contribution is 6.73. The minimum absolute atomic E-state index is 0.0530. The first-order valence-corrected chi connectivity index (χ1v) is 9.05. The molecule has 0 radical (unpaired) electrons. The normalized spacial score (nSPS) is 18.7. The van der Waals surface area contributed by atoms with Gasteiger partial charge < -0.3 is 14.4 Å². The van der Waals surface area contributed by atoms with Gasteiger partial charge in [-0.15, -0.1) is 0 Å². The van der Waals surface area contributed by atoms with Gasteiger partial charge in [0.1, 0.15) is 17.3 Å². The summed E-state index contributed by atoms with van der Waals surface area (Å²) in [6.07, 6.45) is 2.65. The predicted octanol–water partition coefficient (Wildman–Crippen LogP) is 2.41. The number of nitrogens with zero attached hydrogens (tertiary/aromatic N) is 1. The molecule has 0 spiro atoms. The van der Waals surface area contributed by atoms with E-state index in [-0.39, 0.29) is 24.3 Å². The van der Waals surface area contributed by atoms with Gasteiger partial charge in [0.2, 0.25) is 6.71 Å². The van der Waals surface area contributed by atoms with Crippen LogP contribution in [0.4, 0.5) is 14.5 Å². The van der Waals surface area contributed by atoms with Gasteiger partial charge in [-0.2, -0.15) is 0 Å². The van der Waals surface area contributed by atoms with E-state index >= 15 is 0 Å². The standard InChI is InChI=1S/C18H24BF2NO3/c1-2-25-17(23)9-13-3-6-22(7-4-13)18-15(20)10-14(11-16(18)21)19-5-8-24-12-19/h10-11,13H,2-9,12H2,1H3. The van der Waals surface area contributed by atoms with Crippen molar-refractivity contribution < 1.29 is 23.0 Å². The van der Waals surface area contributed by atoms with Crippen molar-refractivity contribution in [2.45, 2.75) is 32.5 Å². The van der Waals surface area contributed by atoms with E-state index in [1.54, 1.807) is 11.8 Å². The van der Waals surface area contributed by atoms with E-state index in [0.29, 0.717) is 44.7 Å². The number of halogens is 2. The molecule has 4 nitrogen and oxygen atoms in total. The zero-order valence-electron chi connectivity index (χ0n) is 14.6. The topological polar surface area (TPSA) is 38.8 Å². The molecule has 2 aliphatic rings. The quantitative estimate of drug-likeness (QED) is 0.603. The summed E-state index contributed by atoms with van der Waals surface area (Å²) in [7, 11) is 0. The lowest BCUT2D eigenvalue weighted by molar-refractivity contribution is -0.144. The monoisotopic (exact) mass is 351 g/mol. The number of hydrogen-bond acceptors (Lipinski definition) is 4. The second-order valence-corrected chi connectivity index (χ2v) is 6.83. The molecular formula is C18H24BF2NO3. The van der Waals surface area contributed by atoms with E-state index in [4.69, 9.17) is 9.47 Å². The van der Waals surface area contributed by atoms with E-state index in [9.17, 15) is 13.6 Å². The first kappa shape index (κ1) is 18.2. The van der Waals surface area contributed by atoms with Gasteiger partial charge in [-0.3, -0.25) is 4.79 Å². The molecule has 1 aromatic rings. The number of carbonyl (C=O) groups is 1. The van der Waals surface area contributed by atoms with E-state index in [2.05, 4.69) is 0 Å². The van der Waals surface area contributed by atoms with Crippen LogP contribution in [0.2, 0.25) is 6.32 Å². The van der Waals surface area contributed by atoms with E-state index in [0.717, 1.165) is 19.2 Å². The average molecular weight is 351 g/mol. The molecule has 25 heavy (non-hydrogen) atoms. The molecule has 2 fully saturated rings. The maximum absolute atomic E-state index is 14.6. The van der Waals surface area contributed by atoms with Crippen LogP contribution in [0.5, 0.6) is 0 Å². The molecule has 136 valence electrons. The summed E-state index contributed by atoms with van der Waals surface area (Å²) in [5.41, 5.74) is 0.727. The van der Waals surface area contributed by atoms with Crippen molar-refractivity contribution in [1.82, 2.24) is 0 Å². The fourth-order valence-electron chi connectivity index (χ4n) is 3.74. The minimum Gasteiger partial charge on any atom is -0.466 e. The molecule has 1 aromatic carbocycles. The third-order valence-electron chi connectivity index (χ3n) is 5.13. The molecule has 2 heterocycles. The van der Waals surface area contributed by atoms with Gasteiger partial charge in [-0.05, 0) is 44.1 Å². The average Bonchev–Trinajstić information content (AvgIpc) is 3.10. The predicted molar refractivity (Wildman–Crippen MR) is 93.6 cm³/mol. The molecule has 0 saturated carbocycles. The molecule has 0 amide bonds. The number of benzene rings is 1. The number of carbonyl (C=O) groups excluding carboxylic acids is 1. The van der Waals surface area contributed by atoms with Gasteiger partial charge in [0, 0.05) is 32.6 Å². The Morgan fingerprint density at radius 1 is 1.32 bits per heavy atom. The Morgan fingerprint density at radius 3 is 2.56 bits per heavy atom. The smallest absolute Gasteiger partial charge is 0.306 e. The van der Waals surface area contributed by atoms with Gasteiger partial charge in [-0.25, -0.2) is 8.78 Å². The van der Waals surface area contributed by atoms with Crippen molar-refractivity contribution >= 4 is 23.8 Å². The fraction of sp³-hybridized carbons (Fsp3) is 0.611. The molecule has 2 saturated heterocycles. The van der Waals surface area contributed by atoms with Crippen molar-refractivity contribution in [3.63, 3.8) is 0 Å². The summed E-state index contributed by atoms with van der Waals surface area (Å²) >= 11 is 0. The van der Waals surface area contributed by atoms with Crippen molar-refractivity contribution in [3.05, 3.63) is 23.8 Å². The summed E-state index contributed by atoms with van der Waals surface area (Å²) in [5, 5.41) is 0. The van der Waals surface area contributed by atoms with E-state index in [1.807, 2.05) is 0 Å². The van der Waals surface area contributed by atoms with Crippen LogP contribution < -0.4 is 10.4 Å². The fourth-order valence-corrected chi connectivity index (χ4v) is 3.74. The Hall–Kier alpha value is -1.63. The molecule has 2 aliphatic heterocycles. The van der Waals surface area contributed by atoms with Crippen LogP contribution in [-0.4, -0.2) is 45.5 Å². The summed E-state index contributed by atoms with van der Waals surface area (Å²) in [4.78, 5) is 13.3. The largest absolute Gasteiger partial charge is 0.466 e. The summed E-state index contributed by atoms with van der Waals surface area (Å²) in [5.74, 6) is -0.991. The molecule has 3 rings (SSSR count). The third-order valence-corrected chi connectivity index (χ3v) is 5.13. The van der Waals surface area contributed by atoms with Crippen molar-refractivity contribution in [3.8, 4) is 0 Å². The van der Waals surface area contributed by atoms with Gasteiger partial charge in [0.25, 0.3) is 0 Å². The van der Waals surface area contributed by atoms with E-state index < -0.39 is 11.6 Å². The van der Waals surface area contributed by atoms with Crippen molar-refractivity contribution in [1.29, 1.82) is 0 Å². The van der Waals surface area contributed by atoms with Crippen LogP contribution in [0.25, 0.3) is 0 Å². The molecule has 0 unspecified atom stereocenters. The minimum atomic E-state index is -0.509. The van der Waals surface area contributed by atoms with Crippen LogP contribution in [0.15, 0.2) is 12.1 Å². The van der Waals surface area contributed by atoms with Crippen molar-refractivity contribution in [2.75, 3.05) is 37.7 Å². The molecule has 0 N–H and O–H groups in total. The Morgan fingerprint density at radius 2 is 2.00 bits per heavy atom. The number of anilines is 1. The SMILES string of the molecule is CCOC(=O)CC1CCN(c2c(F)cc(B3CCOC3)cc2F)CC1. The van der Waals surface area contributed by atoms with Gasteiger partial charge >= 0.3 is 5.97 Å². The molecule has 0 aromatic heterocycles.